The number of benzene rings is 4. The molecule has 10 rings (SSSR count). The molecule has 4 aromatic carbocycles. The Balaban J connectivity index is 1.11. The number of allylic oxidation sites excluding steroid dienone is 2. The lowest BCUT2D eigenvalue weighted by molar-refractivity contribution is -0.131. The van der Waals surface area contributed by atoms with Crippen molar-refractivity contribution in [3.05, 3.63) is 116 Å². The van der Waals surface area contributed by atoms with E-state index < -0.39 is 40.9 Å². The van der Waals surface area contributed by atoms with Crippen molar-refractivity contribution in [3.8, 4) is 16.3 Å². The molecule has 12 heteroatoms. The maximum Gasteiger partial charge on any atom is 0.242 e. The molecule has 280 valence electrons. The van der Waals surface area contributed by atoms with Crippen LogP contribution in [0.5, 0.6) is 5.75 Å². The molecule has 6 aromatic rings. The number of fused-ring (bicyclic) bond motifs is 6. The van der Waals surface area contributed by atoms with E-state index in [2.05, 4.69) is 22.6 Å². The van der Waals surface area contributed by atoms with Gasteiger partial charge in [-0.15, -0.1) is 11.3 Å². The molecule has 4 heterocycles. The molecule has 0 radical (unpaired) electrons. The van der Waals surface area contributed by atoms with E-state index in [1.807, 2.05) is 86.7 Å². The molecular formula is C44H34ClIN4O5S. The lowest BCUT2D eigenvalue weighted by atomic mass is 9.51. The number of rotatable bonds is 4. The van der Waals surface area contributed by atoms with E-state index in [1.54, 1.807) is 41.3 Å². The first-order valence-corrected chi connectivity index (χ1v) is 20.8. The summed E-state index contributed by atoms with van der Waals surface area (Å²) in [7, 11) is 1.73. The van der Waals surface area contributed by atoms with Gasteiger partial charge in [-0.1, -0.05) is 59.6 Å². The predicted molar refractivity (Wildman–Crippen MR) is 226 cm³/mol. The van der Waals surface area contributed by atoms with Crippen LogP contribution in [-0.2, 0) is 26.2 Å². The minimum atomic E-state index is -1.33. The second-order valence-corrected chi connectivity index (χ2v) is 18.3. The van der Waals surface area contributed by atoms with E-state index in [4.69, 9.17) is 16.7 Å². The summed E-state index contributed by atoms with van der Waals surface area (Å²) in [5.41, 5.74) is 2.15. The predicted octanol–water partition coefficient (Wildman–Crippen LogP) is 9.16. The zero-order valence-corrected chi connectivity index (χ0v) is 34.2. The average Bonchev–Trinajstić information content (AvgIpc) is 3.86. The van der Waals surface area contributed by atoms with Crippen LogP contribution in [0.2, 0.25) is 5.02 Å². The smallest absolute Gasteiger partial charge is 0.242 e. The van der Waals surface area contributed by atoms with Crippen LogP contribution in [0, 0.1) is 39.6 Å². The van der Waals surface area contributed by atoms with E-state index in [1.165, 1.54) is 9.80 Å². The molecule has 1 saturated carbocycles. The topological polar surface area (TPSA) is 113 Å². The molecule has 0 unspecified atom stereocenters. The van der Waals surface area contributed by atoms with E-state index >= 15 is 9.59 Å². The van der Waals surface area contributed by atoms with Crippen molar-refractivity contribution in [3.63, 3.8) is 0 Å². The van der Waals surface area contributed by atoms with Crippen LogP contribution >= 0.6 is 45.5 Å². The second kappa shape index (κ2) is 12.6. The summed E-state index contributed by atoms with van der Waals surface area (Å²) in [5, 5.41) is 20.0. The van der Waals surface area contributed by atoms with Gasteiger partial charge >= 0.3 is 0 Å². The molecule has 6 atom stereocenters. The number of amides is 4. The number of phenolic OH excluding ortho intramolecular Hbond substituents is 1. The highest BCUT2D eigenvalue weighted by Gasteiger charge is 2.68. The monoisotopic (exact) mass is 892 g/mol. The van der Waals surface area contributed by atoms with Crippen molar-refractivity contribution in [2.75, 3.05) is 9.80 Å². The second-order valence-electron chi connectivity index (χ2n) is 15.6. The molecule has 4 aliphatic rings. The molecule has 3 fully saturated rings. The molecule has 0 spiro atoms. The van der Waals surface area contributed by atoms with E-state index in [9.17, 15) is 14.7 Å². The van der Waals surface area contributed by atoms with Crippen molar-refractivity contribution >= 4 is 102 Å². The number of aromatic hydroxyl groups is 1. The first-order chi connectivity index (χ1) is 26.9. The lowest BCUT2D eigenvalue weighted by Crippen LogP contribution is -2.49. The van der Waals surface area contributed by atoms with Crippen LogP contribution in [0.3, 0.4) is 0 Å². The van der Waals surface area contributed by atoms with Crippen molar-refractivity contribution in [2.24, 2.45) is 36.1 Å². The average molecular weight is 893 g/mol. The van der Waals surface area contributed by atoms with E-state index in [-0.39, 0.29) is 29.9 Å². The van der Waals surface area contributed by atoms with E-state index in [0.29, 0.717) is 39.6 Å². The number of aromatic nitrogens is 2. The number of imide groups is 2. The molecule has 2 saturated heterocycles. The van der Waals surface area contributed by atoms with Gasteiger partial charge in [0.05, 0.1) is 33.7 Å². The quantitative estimate of drug-likeness (QED) is 0.107. The zero-order valence-electron chi connectivity index (χ0n) is 30.5. The summed E-state index contributed by atoms with van der Waals surface area (Å²) in [6.07, 6.45) is 2.52. The molecular weight excluding hydrogens is 859 g/mol. The normalized spacial score (nSPS) is 25.9. The maximum absolute atomic E-state index is 15.3. The largest absolute Gasteiger partial charge is 0.507 e. The van der Waals surface area contributed by atoms with Crippen LogP contribution < -0.4 is 9.80 Å². The summed E-state index contributed by atoms with van der Waals surface area (Å²) in [4.78, 5) is 62.3. The van der Waals surface area contributed by atoms with Crippen molar-refractivity contribution in [2.45, 2.75) is 32.6 Å². The number of halogens is 2. The summed E-state index contributed by atoms with van der Waals surface area (Å²) >= 11 is 10.1. The third-order valence-electron chi connectivity index (χ3n) is 12.8. The van der Waals surface area contributed by atoms with Gasteiger partial charge in [0, 0.05) is 43.3 Å². The molecule has 56 heavy (non-hydrogen) atoms. The third-order valence-corrected chi connectivity index (χ3v) is 15.1. The van der Waals surface area contributed by atoms with Crippen LogP contribution in [0.4, 0.5) is 11.5 Å². The Morgan fingerprint density at radius 1 is 0.893 bits per heavy atom. The van der Waals surface area contributed by atoms with Crippen LogP contribution in [0.25, 0.3) is 31.4 Å². The minimum absolute atomic E-state index is 0.0351. The van der Waals surface area contributed by atoms with Crippen LogP contribution in [0.15, 0.2) is 96.6 Å². The van der Waals surface area contributed by atoms with Gasteiger partial charge in [-0.25, -0.2) is 4.90 Å². The first-order valence-electron chi connectivity index (χ1n) is 18.5. The Kier molecular flexibility index (Phi) is 7.98. The number of aryl methyl sites for hydroxylation is 2. The van der Waals surface area contributed by atoms with Gasteiger partial charge in [-0.2, -0.15) is 5.10 Å². The molecule has 2 aliphatic heterocycles. The summed E-state index contributed by atoms with van der Waals surface area (Å²) < 4.78 is 3.61. The number of hydrogen-bond acceptors (Lipinski definition) is 7. The molecule has 1 N–H and O–H groups in total. The molecule has 4 amide bonds. The number of hydrogen-bond donors (Lipinski definition) is 1. The van der Waals surface area contributed by atoms with Crippen molar-refractivity contribution < 1.29 is 24.3 Å². The summed E-state index contributed by atoms with van der Waals surface area (Å²) in [6, 6.07) is 26.1. The fourth-order valence-corrected chi connectivity index (χ4v) is 11.8. The summed E-state index contributed by atoms with van der Waals surface area (Å²) in [5.74, 6) is -4.40. The van der Waals surface area contributed by atoms with E-state index in [0.717, 1.165) is 35.1 Å². The minimum Gasteiger partial charge on any atom is -0.507 e. The number of anilines is 2. The molecule has 9 nitrogen and oxygen atoms in total. The molecule has 2 aromatic heterocycles. The number of carbonyl (C=O) groups is 4. The first kappa shape index (κ1) is 35.6. The van der Waals surface area contributed by atoms with Gasteiger partial charge in [0.1, 0.15) is 17.3 Å². The van der Waals surface area contributed by atoms with Gasteiger partial charge in [-0.3, -0.25) is 28.8 Å². The Morgan fingerprint density at radius 3 is 2.45 bits per heavy atom. The summed E-state index contributed by atoms with van der Waals surface area (Å²) in [6.45, 7) is 3.84. The highest BCUT2D eigenvalue weighted by Crippen LogP contribution is 2.65. The van der Waals surface area contributed by atoms with Gasteiger partial charge in [0.25, 0.3) is 0 Å². The number of thiophene rings is 1. The van der Waals surface area contributed by atoms with Crippen LogP contribution in [0.1, 0.15) is 36.8 Å². The van der Waals surface area contributed by atoms with Crippen molar-refractivity contribution in [1.29, 1.82) is 0 Å². The van der Waals surface area contributed by atoms with Crippen molar-refractivity contribution in [1.82, 2.24) is 9.78 Å². The van der Waals surface area contributed by atoms with Gasteiger partial charge < -0.3 is 5.11 Å². The fourth-order valence-electron chi connectivity index (χ4n) is 10.1. The number of carbonyl (C=O) groups excluding carboxylic acids is 4. The van der Waals surface area contributed by atoms with Gasteiger partial charge in [-0.05, 0) is 114 Å². The fraction of sp³-hybridized carbons (Fsp3) is 0.250. The highest BCUT2D eigenvalue weighted by atomic mass is 127. The zero-order chi connectivity index (χ0) is 38.9. The van der Waals surface area contributed by atoms with Crippen LogP contribution in [-0.4, -0.2) is 38.5 Å². The number of phenols is 1. The lowest BCUT2D eigenvalue weighted by Gasteiger charge is -2.49. The Hall–Kier alpha value is -4.85. The van der Waals surface area contributed by atoms with Gasteiger partial charge in [0.2, 0.25) is 23.6 Å². The van der Waals surface area contributed by atoms with Gasteiger partial charge in [0.15, 0.2) is 0 Å². The SMILES string of the molecule is Cc1c(-c2cc(N3C(=O)[C@@H]4C[C@@H]5C(=CC[C@@H]6C(=O)N(c7ccc(I)cc7)C(=O)[C@@H]65)[C@H](c5ccc6ccccc6c5O)[C@]4(C)C3=O)n(C)n2)sc2ccc(Cl)cc12. The number of nitrogens with zero attached hydrogens (tertiary/aromatic N) is 4. The Morgan fingerprint density at radius 2 is 1.66 bits per heavy atom. The molecule has 0 bridgehead atoms. The third kappa shape index (κ3) is 4.86. The molecule has 2 aliphatic carbocycles. The highest BCUT2D eigenvalue weighted by molar-refractivity contribution is 14.1. The Bertz CT molecular complexity index is 2780. The Labute approximate surface area is 344 Å². The standard InChI is InChI=1S/C44H34ClIN4O5S/c1-21-30-18-23(45)9-17-34(30)56-39(21)33-20-35(48(3)47-33)50-41(53)32-19-31-27(15-16-28-36(31)42(54)49(40(28)52)25-12-10-24(46)11-13-25)37(44(32,2)43(50)55)29-14-8-22-6-4-5-7-26(22)38(29)51/h4-15,17-18,20,28,31-32,36-37,51H,16,19H2,1-3H3/t28-,31+,32-,36-,37+,44+/m0/s1. The maximum atomic E-state index is 15.3.